The second-order valence-corrected chi connectivity index (χ2v) is 6.28. The van der Waals surface area contributed by atoms with Gasteiger partial charge in [-0.15, -0.1) is 0 Å². The van der Waals surface area contributed by atoms with Crippen LogP contribution < -0.4 is 5.32 Å². The Kier molecular flexibility index (Phi) is 4.51. The Balaban J connectivity index is 1.80. The molecule has 1 atom stereocenters. The molecule has 0 spiro atoms. The van der Waals surface area contributed by atoms with Gasteiger partial charge >= 0.3 is 0 Å². The fourth-order valence-corrected chi connectivity index (χ4v) is 3.18. The smallest absolute Gasteiger partial charge is 0.223 e. The van der Waals surface area contributed by atoms with Crippen LogP contribution in [-0.4, -0.2) is 34.0 Å². The number of carbonyl (C=O) groups is 1. The third-order valence-corrected chi connectivity index (χ3v) is 4.30. The highest BCUT2D eigenvalue weighted by Gasteiger charge is 2.44. The van der Waals surface area contributed by atoms with E-state index in [1.807, 2.05) is 11.0 Å². The van der Waals surface area contributed by atoms with Crippen molar-refractivity contribution in [1.82, 2.24) is 20.4 Å². The quantitative estimate of drug-likeness (QED) is 0.906. The molecule has 25 heavy (non-hydrogen) atoms. The van der Waals surface area contributed by atoms with Crippen molar-refractivity contribution in [1.29, 1.82) is 5.26 Å². The zero-order valence-electron chi connectivity index (χ0n) is 14.0. The first-order chi connectivity index (χ1) is 11.9. The molecule has 130 valence electrons. The van der Waals surface area contributed by atoms with Crippen LogP contribution in [0.5, 0.6) is 0 Å². The van der Waals surface area contributed by atoms with Gasteiger partial charge in [-0.25, -0.2) is 4.39 Å². The van der Waals surface area contributed by atoms with Gasteiger partial charge < -0.3 is 9.84 Å². The van der Waals surface area contributed by atoms with E-state index in [0.29, 0.717) is 43.3 Å². The number of benzene rings is 1. The summed E-state index contributed by atoms with van der Waals surface area (Å²) in [6.07, 6.45) is 0.601. The van der Waals surface area contributed by atoms with Crippen LogP contribution in [0, 0.1) is 24.1 Å². The third kappa shape index (κ3) is 3.51. The van der Waals surface area contributed by atoms with Crippen LogP contribution in [0.1, 0.15) is 36.2 Å². The van der Waals surface area contributed by atoms with Crippen molar-refractivity contribution in [3.8, 4) is 6.07 Å². The van der Waals surface area contributed by atoms with E-state index >= 15 is 0 Å². The molecule has 3 rings (SSSR count). The van der Waals surface area contributed by atoms with Gasteiger partial charge in [0, 0.05) is 39.0 Å². The first-order valence-electron chi connectivity index (χ1n) is 7.92. The largest absolute Gasteiger partial charge is 0.342 e. The number of nitrogens with zero attached hydrogens (tertiary/aromatic N) is 4. The summed E-state index contributed by atoms with van der Waals surface area (Å²) in [7, 11) is 0. The number of rotatable bonds is 4. The zero-order valence-corrected chi connectivity index (χ0v) is 14.0. The molecule has 1 N–H and O–H groups in total. The monoisotopic (exact) mass is 343 g/mol. The second-order valence-electron chi connectivity index (χ2n) is 6.28. The van der Waals surface area contributed by atoms with Crippen LogP contribution in [0.4, 0.5) is 4.39 Å². The Hall–Kier alpha value is -2.79. The SMILES string of the molecule is CC(=O)NC1(c2noc(C)n2)CCN(Cc2ccc(C#N)cc2F)C1. The number of nitrogens with one attached hydrogen (secondary N) is 1. The summed E-state index contributed by atoms with van der Waals surface area (Å²) in [6.45, 7) is 4.60. The van der Waals surface area contributed by atoms with Crippen molar-refractivity contribution in [2.75, 3.05) is 13.1 Å². The third-order valence-electron chi connectivity index (χ3n) is 4.30. The highest BCUT2D eigenvalue weighted by molar-refractivity contribution is 5.74. The lowest BCUT2D eigenvalue weighted by molar-refractivity contribution is -0.121. The van der Waals surface area contributed by atoms with Crippen LogP contribution in [0.25, 0.3) is 0 Å². The van der Waals surface area contributed by atoms with Crippen molar-refractivity contribution in [3.63, 3.8) is 0 Å². The normalized spacial score (nSPS) is 20.4. The molecule has 1 fully saturated rings. The number of hydrogen-bond donors (Lipinski definition) is 1. The minimum Gasteiger partial charge on any atom is -0.342 e. The maximum Gasteiger partial charge on any atom is 0.223 e. The van der Waals surface area contributed by atoms with Crippen LogP contribution in [0.15, 0.2) is 22.7 Å². The summed E-state index contributed by atoms with van der Waals surface area (Å²) in [5, 5.41) is 15.7. The van der Waals surface area contributed by atoms with E-state index in [1.165, 1.54) is 13.0 Å². The van der Waals surface area contributed by atoms with Gasteiger partial charge in [-0.05, 0) is 18.6 Å². The van der Waals surface area contributed by atoms with Crippen LogP contribution in [0.2, 0.25) is 0 Å². The van der Waals surface area contributed by atoms with Crippen molar-refractivity contribution in [3.05, 3.63) is 46.9 Å². The molecule has 1 aliphatic rings. The molecule has 0 aliphatic carbocycles. The number of aryl methyl sites for hydroxylation is 1. The predicted octanol–water partition coefficient (Wildman–Crippen LogP) is 1.63. The average molecular weight is 343 g/mol. The lowest BCUT2D eigenvalue weighted by Crippen LogP contribution is -2.47. The van der Waals surface area contributed by atoms with Crippen molar-refractivity contribution in [2.45, 2.75) is 32.4 Å². The fourth-order valence-electron chi connectivity index (χ4n) is 3.18. The van der Waals surface area contributed by atoms with E-state index in [0.717, 1.165) is 0 Å². The molecule has 0 saturated carbocycles. The van der Waals surface area contributed by atoms with E-state index in [-0.39, 0.29) is 11.5 Å². The number of nitriles is 1. The lowest BCUT2D eigenvalue weighted by atomic mass is 9.97. The number of hydrogen-bond acceptors (Lipinski definition) is 6. The number of amides is 1. The Morgan fingerprint density at radius 2 is 2.36 bits per heavy atom. The predicted molar refractivity (Wildman–Crippen MR) is 85.5 cm³/mol. The molecule has 2 heterocycles. The Bertz CT molecular complexity index is 844. The summed E-state index contributed by atoms with van der Waals surface area (Å²) < 4.78 is 19.2. The summed E-state index contributed by atoms with van der Waals surface area (Å²) >= 11 is 0. The van der Waals surface area contributed by atoms with Gasteiger partial charge in [0.05, 0.1) is 11.6 Å². The molecule has 8 heteroatoms. The number of aromatic nitrogens is 2. The number of likely N-dealkylation sites (tertiary alicyclic amines) is 1. The van der Waals surface area contributed by atoms with Crippen LogP contribution >= 0.6 is 0 Å². The highest BCUT2D eigenvalue weighted by atomic mass is 19.1. The molecular formula is C17H18FN5O2. The second kappa shape index (κ2) is 6.61. The first kappa shape index (κ1) is 17.0. The maximum atomic E-state index is 14.1. The summed E-state index contributed by atoms with van der Waals surface area (Å²) in [4.78, 5) is 18.0. The average Bonchev–Trinajstić information content (AvgIpc) is 3.16. The van der Waals surface area contributed by atoms with Crippen LogP contribution in [0.3, 0.4) is 0 Å². The first-order valence-corrected chi connectivity index (χ1v) is 7.92. The molecule has 1 aromatic heterocycles. The van der Waals surface area contributed by atoms with Gasteiger partial charge in [-0.1, -0.05) is 11.2 Å². The van der Waals surface area contributed by atoms with Gasteiger partial charge in [0.2, 0.25) is 11.8 Å². The fraction of sp³-hybridized carbons (Fsp3) is 0.412. The molecule has 7 nitrogen and oxygen atoms in total. The Labute approximate surface area is 144 Å². The molecule has 2 aromatic rings. The molecule has 0 radical (unpaired) electrons. The molecule has 1 unspecified atom stereocenters. The zero-order chi connectivity index (χ0) is 18.0. The van der Waals surface area contributed by atoms with E-state index in [4.69, 9.17) is 9.78 Å². The van der Waals surface area contributed by atoms with Gasteiger partial charge in [0.15, 0.2) is 5.82 Å². The van der Waals surface area contributed by atoms with Crippen molar-refractivity contribution < 1.29 is 13.7 Å². The summed E-state index contributed by atoms with van der Waals surface area (Å²) in [5.74, 6) is 0.264. The van der Waals surface area contributed by atoms with Gasteiger partial charge in [-0.3, -0.25) is 9.69 Å². The molecule has 1 aliphatic heterocycles. The molecule has 1 amide bonds. The minimum atomic E-state index is -0.743. The van der Waals surface area contributed by atoms with E-state index in [9.17, 15) is 9.18 Å². The van der Waals surface area contributed by atoms with Gasteiger partial charge in [0.1, 0.15) is 11.4 Å². The van der Waals surface area contributed by atoms with E-state index < -0.39 is 11.4 Å². The standard InChI is InChI=1S/C17H18FN5O2/c1-11(24)21-17(16-20-12(2)25-22-16)5-6-23(10-17)9-14-4-3-13(8-19)7-15(14)18/h3-4,7H,5-6,9-10H2,1-2H3,(H,21,24). The Morgan fingerprint density at radius 1 is 1.56 bits per heavy atom. The van der Waals surface area contributed by atoms with Crippen molar-refractivity contribution in [2.24, 2.45) is 0 Å². The topological polar surface area (TPSA) is 95.1 Å². The Morgan fingerprint density at radius 3 is 2.96 bits per heavy atom. The highest BCUT2D eigenvalue weighted by Crippen LogP contribution is 2.31. The molecule has 1 saturated heterocycles. The molecule has 0 bridgehead atoms. The molecule has 1 aromatic carbocycles. The lowest BCUT2D eigenvalue weighted by Gasteiger charge is -2.27. The molecular weight excluding hydrogens is 325 g/mol. The summed E-state index contributed by atoms with van der Waals surface area (Å²) in [5.41, 5.74) is 0.0478. The minimum absolute atomic E-state index is 0.186. The number of halogens is 1. The van der Waals surface area contributed by atoms with Gasteiger partial charge in [0.25, 0.3) is 0 Å². The van der Waals surface area contributed by atoms with Gasteiger partial charge in [-0.2, -0.15) is 10.2 Å². The van der Waals surface area contributed by atoms with E-state index in [1.54, 1.807) is 19.1 Å². The van der Waals surface area contributed by atoms with Crippen molar-refractivity contribution >= 4 is 5.91 Å². The summed E-state index contributed by atoms with van der Waals surface area (Å²) in [6, 6.07) is 6.36. The van der Waals surface area contributed by atoms with E-state index in [2.05, 4.69) is 15.5 Å². The maximum absolute atomic E-state index is 14.1. The number of carbonyl (C=O) groups excluding carboxylic acids is 1. The van der Waals surface area contributed by atoms with Crippen LogP contribution in [-0.2, 0) is 16.9 Å².